The molecular weight excluding hydrogens is 252 g/mol. The average molecular weight is 264 g/mol. The summed E-state index contributed by atoms with van der Waals surface area (Å²) in [5.74, 6) is 0.630. The predicted molar refractivity (Wildman–Crippen MR) is 73.6 cm³/mol. The molecule has 1 N–H and O–H groups in total. The molecule has 0 spiro atoms. The standard InChI is InChI=1S/C15H12N4O/c20-13(11-7-3-1-4-8-11)15-18-16-14(17-19-15)12-9-5-2-6-10-12/h1-10,13,20H. The fraction of sp³-hybridized carbons (Fsp3) is 0.0667. The van der Waals surface area contributed by atoms with Crippen molar-refractivity contribution in [3.8, 4) is 11.4 Å². The Morgan fingerprint density at radius 1 is 0.700 bits per heavy atom. The van der Waals surface area contributed by atoms with E-state index >= 15 is 0 Å². The highest BCUT2D eigenvalue weighted by Gasteiger charge is 2.15. The number of aromatic nitrogens is 4. The van der Waals surface area contributed by atoms with E-state index in [9.17, 15) is 5.11 Å². The van der Waals surface area contributed by atoms with Gasteiger partial charge in [-0.15, -0.1) is 20.4 Å². The number of benzene rings is 2. The monoisotopic (exact) mass is 264 g/mol. The molecule has 98 valence electrons. The predicted octanol–water partition coefficient (Wildman–Crippen LogP) is 2.02. The van der Waals surface area contributed by atoms with E-state index in [4.69, 9.17) is 0 Å². The number of aliphatic hydroxyl groups excluding tert-OH is 1. The second-order valence-corrected chi connectivity index (χ2v) is 4.26. The highest BCUT2D eigenvalue weighted by molar-refractivity contribution is 5.52. The first-order valence-corrected chi connectivity index (χ1v) is 6.20. The maximum absolute atomic E-state index is 10.1. The molecular formula is C15H12N4O. The van der Waals surface area contributed by atoms with Gasteiger partial charge in [-0.1, -0.05) is 60.7 Å². The summed E-state index contributed by atoms with van der Waals surface area (Å²) < 4.78 is 0. The van der Waals surface area contributed by atoms with Crippen LogP contribution in [0.3, 0.4) is 0 Å². The third-order valence-corrected chi connectivity index (χ3v) is 2.89. The van der Waals surface area contributed by atoms with Gasteiger partial charge >= 0.3 is 0 Å². The molecule has 3 aromatic rings. The summed E-state index contributed by atoms with van der Waals surface area (Å²) in [5.41, 5.74) is 1.55. The second-order valence-electron chi connectivity index (χ2n) is 4.26. The van der Waals surface area contributed by atoms with E-state index in [1.54, 1.807) is 12.1 Å². The van der Waals surface area contributed by atoms with Gasteiger partial charge in [0, 0.05) is 5.56 Å². The molecule has 1 atom stereocenters. The molecule has 0 aliphatic heterocycles. The first-order valence-electron chi connectivity index (χ1n) is 6.20. The maximum atomic E-state index is 10.1. The van der Waals surface area contributed by atoms with Gasteiger partial charge < -0.3 is 5.11 Å². The van der Waals surface area contributed by atoms with Crippen molar-refractivity contribution in [3.05, 3.63) is 72.1 Å². The molecule has 3 rings (SSSR count). The third-order valence-electron chi connectivity index (χ3n) is 2.89. The molecule has 0 aliphatic rings. The average Bonchev–Trinajstić information content (AvgIpc) is 2.56. The summed E-state index contributed by atoms with van der Waals surface area (Å²) in [7, 11) is 0. The van der Waals surface area contributed by atoms with Crippen LogP contribution in [0.1, 0.15) is 17.5 Å². The van der Waals surface area contributed by atoms with E-state index < -0.39 is 6.10 Å². The SMILES string of the molecule is OC(c1ccccc1)c1nnc(-c2ccccc2)nn1. The summed E-state index contributed by atoms with van der Waals surface area (Å²) in [6.07, 6.45) is -0.916. The van der Waals surface area contributed by atoms with Crippen LogP contribution in [0.4, 0.5) is 0 Å². The first-order chi connectivity index (χ1) is 9.84. The summed E-state index contributed by atoms with van der Waals surface area (Å²) in [6.45, 7) is 0. The molecule has 20 heavy (non-hydrogen) atoms. The minimum Gasteiger partial charge on any atom is -0.380 e. The molecule has 2 aromatic carbocycles. The first kappa shape index (κ1) is 12.4. The Bertz CT molecular complexity index is 671. The summed E-state index contributed by atoms with van der Waals surface area (Å²) in [4.78, 5) is 0. The van der Waals surface area contributed by atoms with Crippen molar-refractivity contribution in [1.29, 1.82) is 0 Å². The van der Waals surface area contributed by atoms with E-state index in [1.807, 2.05) is 48.5 Å². The normalized spacial score (nSPS) is 12.1. The second kappa shape index (κ2) is 5.54. The van der Waals surface area contributed by atoms with E-state index in [2.05, 4.69) is 20.4 Å². The van der Waals surface area contributed by atoms with Crippen LogP contribution in [0.5, 0.6) is 0 Å². The fourth-order valence-corrected chi connectivity index (χ4v) is 1.83. The van der Waals surface area contributed by atoms with E-state index in [0.717, 1.165) is 5.56 Å². The Morgan fingerprint density at radius 2 is 1.25 bits per heavy atom. The topological polar surface area (TPSA) is 71.8 Å². The summed E-state index contributed by atoms with van der Waals surface area (Å²) in [5, 5.41) is 26.1. The zero-order valence-electron chi connectivity index (χ0n) is 10.6. The van der Waals surface area contributed by atoms with Gasteiger partial charge in [0.25, 0.3) is 0 Å². The Labute approximate surface area is 116 Å². The molecule has 5 heteroatoms. The van der Waals surface area contributed by atoms with Crippen LogP contribution in [0.25, 0.3) is 11.4 Å². The third kappa shape index (κ3) is 2.53. The number of hydrogen-bond donors (Lipinski definition) is 1. The Kier molecular flexibility index (Phi) is 3.43. The minimum absolute atomic E-state index is 0.191. The van der Waals surface area contributed by atoms with Crippen LogP contribution in [0.15, 0.2) is 60.7 Å². The van der Waals surface area contributed by atoms with Crippen LogP contribution in [-0.4, -0.2) is 25.5 Å². The van der Waals surface area contributed by atoms with Crippen molar-refractivity contribution in [1.82, 2.24) is 20.4 Å². The number of hydrogen-bond acceptors (Lipinski definition) is 5. The maximum Gasteiger partial charge on any atom is 0.206 e. The van der Waals surface area contributed by atoms with Gasteiger partial charge in [-0.05, 0) is 5.56 Å². The number of rotatable bonds is 3. The van der Waals surface area contributed by atoms with Crippen molar-refractivity contribution in [2.24, 2.45) is 0 Å². The Morgan fingerprint density at radius 3 is 1.85 bits per heavy atom. The van der Waals surface area contributed by atoms with E-state index in [-0.39, 0.29) is 5.82 Å². The summed E-state index contributed by atoms with van der Waals surface area (Å²) >= 11 is 0. The summed E-state index contributed by atoms with van der Waals surface area (Å²) in [6, 6.07) is 18.6. The van der Waals surface area contributed by atoms with Crippen molar-refractivity contribution in [2.75, 3.05) is 0 Å². The lowest BCUT2D eigenvalue weighted by Gasteiger charge is -2.08. The van der Waals surface area contributed by atoms with Crippen LogP contribution < -0.4 is 0 Å². The molecule has 1 aromatic heterocycles. The minimum atomic E-state index is -0.916. The molecule has 1 unspecified atom stereocenters. The lowest BCUT2D eigenvalue weighted by atomic mass is 10.1. The molecule has 0 saturated heterocycles. The van der Waals surface area contributed by atoms with Crippen LogP contribution in [0, 0.1) is 0 Å². The van der Waals surface area contributed by atoms with E-state index in [0.29, 0.717) is 11.4 Å². The lowest BCUT2D eigenvalue weighted by Crippen LogP contribution is -2.09. The Balaban J connectivity index is 1.87. The van der Waals surface area contributed by atoms with Crippen LogP contribution in [0.2, 0.25) is 0 Å². The quantitative estimate of drug-likeness (QED) is 0.783. The van der Waals surface area contributed by atoms with Crippen molar-refractivity contribution in [3.63, 3.8) is 0 Å². The molecule has 0 bridgehead atoms. The van der Waals surface area contributed by atoms with Gasteiger partial charge in [-0.25, -0.2) is 0 Å². The molecule has 0 aliphatic carbocycles. The van der Waals surface area contributed by atoms with Gasteiger partial charge in [0.15, 0.2) is 0 Å². The van der Waals surface area contributed by atoms with E-state index in [1.165, 1.54) is 0 Å². The number of aliphatic hydroxyl groups is 1. The number of nitrogens with zero attached hydrogens (tertiary/aromatic N) is 4. The molecule has 1 heterocycles. The van der Waals surface area contributed by atoms with Crippen LogP contribution >= 0.6 is 0 Å². The fourth-order valence-electron chi connectivity index (χ4n) is 1.83. The van der Waals surface area contributed by atoms with Crippen molar-refractivity contribution >= 4 is 0 Å². The smallest absolute Gasteiger partial charge is 0.206 e. The largest absolute Gasteiger partial charge is 0.380 e. The van der Waals surface area contributed by atoms with Gasteiger partial charge in [-0.2, -0.15) is 0 Å². The van der Waals surface area contributed by atoms with Crippen LogP contribution in [-0.2, 0) is 0 Å². The molecule has 5 nitrogen and oxygen atoms in total. The van der Waals surface area contributed by atoms with Crippen molar-refractivity contribution < 1.29 is 5.11 Å². The Hall–Kier alpha value is -2.66. The highest BCUT2D eigenvalue weighted by atomic mass is 16.3. The molecule has 0 amide bonds. The highest BCUT2D eigenvalue weighted by Crippen LogP contribution is 2.18. The van der Waals surface area contributed by atoms with Crippen molar-refractivity contribution in [2.45, 2.75) is 6.10 Å². The lowest BCUT2D eigenvalue weighted by molar-refractivity contribution is 0.206. The van der Waals surface area contributed by atoms with Gasteiger partial charge in [0.2, 0.25) is 11.6 Å². The zero-order chi connectivity index (χ0) is 13.8. The van der Waals surface area contributed by atoms with Gasteiger partial charge in [-0.3, -0.25) is 0 Å². The zero-order valence-corrected chi connectivity index (χ0v) is 10.6. The molecule has 0 radical (unpaired) electrons. The molecule has 0 fully saturated rings. The molecule has 0 saturated carbocycles. The van der Waals surface area contributed by atoms with Gasteiger partial charge in [0.05, 0.1) is 0 Å². The van der Waals surface area contributed by atoms with Gasteiger partial charge in [0.1, 0.15) is 6.10 Å².